The Morgan fingerprint density at radius 2 is 1.90 bits per heavy atom. The van der Waals surface area contributed by atoms with Gasteiger partial charge in [0, 0.05) is 68.1 Å². The molecule has 0 aromatic carbocycles. The molecule has 14 nitrogen and oxygen atoms in total. The lowest BCUT2D eigenvalue weighted by Crippen LogP contribution is -2.60. The van der Waals surface area contributed by atoms with Crippen LogP contribution >= 0.6 is 0 Å². The Labute approximate surface area is 282 Å². The van der Waals surface area contributed by atoms with Gasteiger partial charge >= 0.3 is 5.56 Å². The van der Waals surface area contributed by atoms with Crippen molar-refractivity contribution in [2.45, 2.75) is 52.3 Å². The number of aliphatic hydroxyl groups is 1. The van der Waals surface area contributed by atoms with E-state index in [0.29, 0.717) is 34.5 Å². The Kier molecular flexibility index (Phi) is 7.61. The molecule has 0 saturated carbocycles. The molecule has 2 N–H and O–H groups in total. The smallest absolute Gasteiger partial charge is 0.309 e. The first-order chi connectivity index (χ1) is 23.6. The van der Waals surface area contributed by atoms with Crippen LogP contribution in [0.2, 0.25) is 0 Å². The van der Waals surface area contributed by atoms with Crippen LogP contribution in [0.4, 0.5) is 17.3 Å². The van der Waals surface area contributed by atoms with Gasteiger partial charge in [0.25, 0.3) is 5.56 Å². The summed E-state index contributed by atoms with van der Waals surface area (Å²) < 4.78 is 9.99. The van der Waals surface area contributed by atoms with Crippen LogP contribution < -0.4 is 21.3 Å². The summed E-state index contributed by atoms with van der Waals surface area (Å²) in [5.41, 5.74) is 4.19. The van der Waals surface area contributed by atoms with Gasteiger partial charge in [-0.3, -0.25) is 19.1 Å². The molecule has 0 amide bonds. The molecular formula is C35H40N10O4. The molecule has 2 fully saturated rings. The minimum atomic E-state index is -0.439. The van der Waals surface area contributed by atoms with E-state index in [-0.39, 0.29) is 28.4 Å². The number of ether oxygens (including phenoxy) is 1. The van der Waals surface area contributed by atoms with E-state index in [1.807, 2.05) is 28.8 Å². The number of anilines is 3. The van der Waals surface area contributed by atoms with Crippen molar-refractivity contribution in [3.8, 4) is 17.2 Å². The van der Waals surface area contributed by atoms with Crippen molar-refractivity contribution in [3.05, 3.63) is 86.6 Å². The summed E-state index contributed by atoms with van der Waals surface area (Å²) in [5, 5.41) is 18.1. The molecule has 3 aliphatic rings. The number of fused-ring (bicyclic) bond motifs is 3. The van der Waals surface area contributed by atoms with Crippen LogP contribution in [0.15, 0.2) is 58.6 Å². The normalized spacial score (nSPS) is 19.3. The Morgan fingerprint density at radius 1 is 1.06 bits per heavy atom. The average molecular weight is 665 g/mol. The monoisotopic (exact) mass is 664 g/mol. The Hall–Kier alpha value is -4.92. The average Bonchev–Trinajstić information content (AvgIpc) is 3.55. The summed E-state index contributed by atoms with van der Waals surface area (Å²) in [4.78, 5) is 45.4. The second-order valence-electron chi connectivity index (χ2n) is 14.1. The topological polar surface area (TPSA) is 148 Å². The third-order valence-corrected chi connectivity index (χ3v) is 10.1. The van der Waals surface area contributed by atoms with Gasteiger partial charge in [0.15, 0.2) is 5.82 Å². The molecule has 7 heterocycles. The molecule has 2 saturated heterocycles. The van der Waals surface area contributed by atoms with E-state index >= 15 is 0 Å². The molecule has 8 rings (SSSR count). The summed E-state index contributed by atoms with van der Waals surface area (Å²) in [6, 6.07) is 8.38. The predicted molar refractivity (Wildman–Crippen MR) is 185 cm³/mol. The lowest BCUT2D eigenvalue weighted by atomic mass is 9.90. The second-order valence-corrected chi connectivity index (χ2v) is 14.1. The van der Waals surface area contributed by atoms with Crippen molar-refractivity contribution in [3.63, 3.8) is 0 Å². The number of aryl methyl sites for hydroxylation is 1. The van der Waals surface area contributed by atoms with Crippen molar-refractivity contribution in [1.82, 2.24) is 38.6 Å². The molecule has 5 aromatic heterocycles. The molecule has 0 bridgehead atoms. The van der Waals surface area contributed by atoms with Crippen molar-refractivity contribution >= 4 is 22.8 Å². The summed E-state index contributed by atoms with van der Waals surface area (Å²) in [5.74, 6) is 0.957. The molecule has 14 heteroatoms. The van der Waals surface area contributed by atoms with Crippen molar-refractivity contribution in [2.24, 2.45) is 12.5 Å². The molecule has 5 aromatic rings. The fourth-order valence-electron chi connectivity index (χ4n) is 7.53. The van der Waals surface area contributed by atoms with Crippen molar-refractivity contribution in [1.29, 1.82) is 0 Å². The zero-order chi connectivity index (χ0) is 34.0. The number of nitrogens with zero attached hydrogens (tertiary/aromatic N) is 9. The van der Waals surface area contributed by atoms with Gasteiger partial charge in [-0.1, -0.05) is 13.8 Å². The summed E-state index contributed by atoms with van der Waals surface area (Å²) in [6.07, 6.45) is 8.71. The first-order valence-corrected chi connectivity index (χ1v) is 16.7. The van der Waals surface area contributed by atoms with Crippen molar-refractivity contribution < 1.29 is 9.84 Å². The highest BCUT2D eigenvalue weighted by Crippen LogP contribution is 2.37. The minimum absolute atomic E-state index is 0.0316. The lowest BCUT2D eigenvalue weighted by Gasteiger charge is -2.47. The van der Waals surface area contributed by atoms with E-state index < -0.39 is 12.2 Å². The maximum atomic E-state index is 13.8. The number of nitrogens with one attached hydrogen (secondary N) is 1. The Balaban J connectivity index is 1.07. The molecule has 1 atom stereocenters. The maximum Gasteiger partial charge on any atom is 0.309 e. The van der Waals surface area contributed by atoms with Gasteiger partial charge in [-0.25, -0.2) is 19.6 Å². The molecule has 49 heavy (non-hydrogen) atoms. The highest BCUT2D eigenvalue weighted by molar-refractivity contribution is 5.66. The fourth-order valence-corrected chi connectivity index (χ4v) is 7.53. The van der Waals surface area contributed by atoms with Gasteiger partial charge in [-0.2, -0.15) is 0 Å². The van der Waals surface area contributed by atoms with Gasteiger partial charge < -0.3 is 24.5 Å². The standard InChI is InChI=1S/C35H40N10O4/c1-21-17-42(9-10-43(21)24-19-49-20-24)23-5-6-29(37-16-23)38-31-34(48)41(4)40-30(39-31)25-7-8-36-32(26(25)18-46)45-12-11-44-27(33(45)47)13-22-14-35(2,3)15-28(22)44/h5-8,11-13,16,21,24,46H,9-10,14-15,17-20H2,1-4H3,(H,37,38,39,40)/t21-/m1/s1. The van der Waals surface area contributed by atoms with E-state index in [1.54, 1.807) is 24.7 Å². The van der Waals surface area contributed by atoms with E-state index in [9.17, 15) is 14.7 Å². The Bertz CT molecular complexity index is 2180. The number of pyridine rings is 2. The largest absolute Gasteiger partial charge is 0.392 e. The first kappa shape index (κ1) is 31.4. The van der Waals surface area contributed by atoms with Crippen LogP contribution in [0.3, 0.4) is 0 Å². The van der Waals surface area contributed by atoms with E-state index in [1.165, 1.54) is 21.9 Å². The van der Waals surface area contributed by atoms with Crippen LogP contribution in [-0.2, 0) is 31.2 Å². The fraction of sp³-hybridized carbons (Fsp3) is 0.429. The van der Waals surface area contributed by atoms with Gasteiger partial charge in [-0.05, 0) is 55.0 Å². The number of aliphatic hydroxyl groups excluding tert-OH is 1. The predicted octanol–water partition coefficient (Wildman–Crippen LogP) is 2.31. The van der Waals surface area contributed by atoms with Crippen molar-refractivity contribution in [2.75, 3.05) is 43.1 Å². The van der Waals surface area contributed by atoms with Crippen LogP contribution in [0, 0.1) is 5.41 Å². The van der Waals surface area contributed by atoms with Gasteiger partial charge in [0.1, 0.15) is 17.2 Å². The van der Waals surface area contributed by atoms with Crippen LogP contribution in [0.25, 0.3) is 22.7 Å². The molecule has 254 valence electrons. The summed E-state index contributed by atoms with van der Waals surface area (Å²) in [6.45, 7) is 10.7. The zero-order valence-electron chi connectivity index (χ0n) is 28.1. The maximum absolute atomic E-state index is 13.8. The zero-order valence-corrected chi connectivity index (χ0v) is 28.1. The van der Waals surface area contributed by atoms with Crippen LogP contribution in [0.1, 0.15) is 37.6 Å². The van der Waals surface area contributed by atoms with Gasteiger partial charge in [0.05, 0.1) is 37.7 Å². The highest BCUT2D eigenvalue weighted by Gasteiger charge is 2.34. The number of piperazine rings is 1. The lowest BCUT2D eigenvalue weighted by molar-refractivity contribution is -0.0792. The Morgan fingerprint density at radius 3 is 2.61 bits per heavy atom. The van der Waals surface area contributed by atoms with Crippen LogP contribution in [-0.4, -0.2) is 88.6 Å². The first-order valence-electron chi connectivity index (χ1n) is 16.7. The van der Waals surface area contributed by atoms with Crippen LogP contribution in [0.5, 0.6) is 0 Å². The number of aromatic nitrogens is 7. The van der Waals surface area contributed by atoms with E-state index in [0.717, 1.165) is 57.1 Å². The molecule has 0 unspecified atom stereocenters. The third kappa shape index (κ3) is 5.49. The number of rotatable bonds is 7. The van der Waals surface area contributed by atoms with Gasteiger partial charge in [0.2, 0.25) is 5.82 Å². The van der Waals surface area contributed by atoms with Gasteiger partial charge in [-0.15, -0.1) is 5.10 Å². The third-order valence-electron chi connectivity index (χ3n) is 10.1. The summed E-state index contributed by atoms with van der Waals surface area (Å²) >= 11 is 0. The molecule has 2 aliphatic heterocycles. The van der Waals surface area contributed by atoms with E-state index in [4.69, 9.17) is 4.74 Å². The number of hydrogen-bond donors (Lipinski definition) is 2. The highest BCUT2D eigenvalue weighted by atomic mass is 16.5. The minimum Gasteiger partial charge on any atom is -0.392 e. The summed E-state index contributed by atoms with van der Waals surface area (Å²) in [7, 11) is 1.54. The molecular weight excluding hydrogens is 624 g/mol. The molecule has 0 spiro atoms. The second kappa shape index (κ2) is 11.9. The quantitative estimate of drug-likeness (QED) is 0.264. The molecule has 1 aliphatic carbocycles. The molecule has 0 radical (unpaired) electrons. The number of hydrogen-bond acceptors (Lipinski definition) is 11. The SMILES string of the molecule is C[C@@H]1CN(c2ccc(Nc3nc(-c4ccnc(-n5ccn6c7c(cc6c5=O)CC(C)(C)C7)c4CO)nn(C)c3=O)nc2)CCN1C1COC1. The van der Waals surface area contributed by atoms with E-state index in [2.05, 4.69) is 55.9 Å².